The summed E-state index contributed by atoms with van der Waals surface area (Å²) in [5.41, 5.74) is 0. The Labute approximate surface area is 92.0 Å². The van der Waals surface area contributed by atoms with E-state index >= 15 is 0 Å². The van der Waals surface area contributed by atoms with Crippen LogP contribution < -0.4 is 5.32 Å². The van der Waals surface area contributed by atoms with Gasteiger partial charge in [-0.1, -0.05) is 39.0 Å². The van der Waals surface area contributed by atoms with Gasteiger partial charge in [-0.3, -0.25) is 0 Å². The molecule has 90 valence electrons. The van der Waals surface area contributed by atoms with Crippen molar-refractivity contribution in [3.63, 3.8) is 0 Å². The summed E-state index contributed by atoms with van der Waals surface area (Å²) in [4.78, 5) is 10.9. The molecule has 4 heteroatoms. The van der Waals surface area contributed by atoms with Gasteiger partial charge in [-0.15, -0.1) is 0 Å². The van der Waals surface area contributed by atoms with Crippen molar-refractivity contribution in [2.45, 2.75) is 45.4 Å². The fraction of sp³-hybridized carbons (Fsp3) is 0.909. The number of nitrogens with one attached hydrogen (secondary N) is 1. The minimum absolute atomic E-state index is 0.0718. The van der Waals surface area contributed by atoms with Crippen LogP contribution in [0.2, 0.25) is 0 Å². The van der Waals surface area contributed by atoms with Crippen molar-refractivity contribution in [3.8, 4) is 0 Å². The quantitative estimate of drug-likeness (QED) is 0.581. The van der Waals surface area contributed by atoms with E-state index in [-0.39, 0.29) is 13.2 Å². The Hall–Kier alpha value is -0.770. The maximum absolute atomic E-state index is 10.9. The molecule has 0 aromatic carbocycles. The molecule has 0 saturated heterocycles. The third-order valence-electron chi connectivity index (χ3n) is 2.12. The molecule has 0 unspecified atom stereocenters. The first-order chi connectivity index (χ1) is 7.31. The summed E-state index contributed by atoms with van der Waals surface area (Å²) >= 11 is 0. The number of unbranched alkanes of at least 4 members (excludes halogenated alkanes) is 5. The highest BCUT2D eigenvalue weighted by atomic mass is 16.6. The molecule has 4 nitrogen and oxygen atoms in total. The van der Waals surface area contributed by atoms with Crippen molar-refractivity contribution in [1.29, 1.82) is 0 Å². The maximum atomic E-state index is 10.9. The van der Waals surface area contributed by atoms with Crippen molar-refractivity contribution in [2.75, 3.05) is 19.8 Å². The summed E-state index contributed by atoms with van der Waals surface area (Å²) in [6.45, 7) is 2.81. The van der Waals surface area contributed by atoms with Gasteiger partial charge in [0.05, 0.1) is 6.61 Å². The lowest BCUT2D eigenvalue weighted by atomic mass is 10.1. The van der Waals surface area contributed by atoms with Crippen LogP contribution in [0.3, 0.4) is 0 Å². The number of aliphatic hydroxyl groups excluding tert-OH is 1. The number of carbonyl (C=O) groups excluding carboxylic acids is 1. The van der Waals surface area contributed by atoms with Gasteiger partial charge < -0.3 is 15.2 Å². The highest BCUT2D eigenvalue weighted by molar-refractivity contribution is 5.66. The van der Waals surface area contributed by atoms with Crippen molar-refractivity contribution in [2.24, 2.45) is 0 Å². The van der Waals surface area contributed by atoms with E-state index in [1.165, 1.54) is 25.7 Å². The standard InChI is InChI=1S/C11H23NO3/c1-2-3-4-5-6-7-8-12-11(14)15-10-9-13/h13H,2-10H2,1H3,(H,12,14). The lowest BCUT2D eigenvalue weighted by molar-refractivity contribution is 0.119. The molecule has 0 rings (SSSR count). The number of carbonyl (C=O) groups is 1. The van der Waals surface area contributed by atoms with Crippen LogP contribution in [0.15, 0.2) is 0 Å². The van der Waals surface area contributed by atoms with Crippen LogP contribution >= 0.6 is 0 Å². The molecular weight excluding hydrogens is 194 g/mol. The Balaban J connectivity index is 3.06. The van der Waals surface area contributed by atoms with Crippen molar-refractivity contribution in [3.05, 3.63) is 0 Å². The number of alkyl carbamates (subject to hydrolysis) is 1. The summed E-state index contributed by atoms with van der Waals surface area (Å²) in [6.07, 6.45) is 6.79. The molecule has 0 radical (unpaired) electrons. The summed E-state index contributed by atoms with van der Waals surface area (Å²) in [7, 11) is 0. The molecular formula is C11H23NO3. The van der Waals surface area contributed by atoms with E-state index in [2.05, 4.69) is 17.0 Å². The fourth-order valence-electron chi connectivity index (χ4n) is 1.29. The lowest BCUT2D eigenvalue weighted by Gasteiger charge is -2.05. The second-order valence-electron chi connectivity index (χ2n) is 3.55. The van der Waals surface area contributed by atoms with Gasteiger partial charge in [0.15, 0.2) is 0 Å². The average molecular weight is 217 g/mol. The summed E-state index contributed by atoms with van der Waals surface area (Å²) < 4.78 is 4.64. The van der Waals surface area contributed by atoms with Crippen molar-refractivity contribution < 1.29 is 14.6 Å². The zero-order valence-electron chi connectivity index (χ0n) is 9.63. The second-order valence-corrected chi connectivity index (χ2v) is 3.55. The molecule has 0 bridgehead atoms. The van der Waals surface area contributed by atoms with Crippen LogP contribution in [-0.4, -0.2) is 31.0 Å². The highest BCUT2D eigenvalue weighted by Crippen LogP contribution is 2.03. The summed E-state index contributed by atoms with van der Waals surface area (Å²) in [5, 5.41) is 11.0. The van der Waals surface area contributed by atoms with Gasteiger partial charge in [-0.05, 0) is 6.42 Å². The van der Waals surface area contributed by atoms with Gasteiger partial charge in [0.25, 0.3) is 0 Å². The molecule has 0 heterocycles. The molecule has 0 aliphatic carbocycles. The minimum Gasteiger partial charge on any atom is -0.447 e. The van der Waals surface area contributed by atoms with Crippen LogP contribution in [-0.2, 0) is 4.74 Å². The first kappa shape index (κ1) is 14.2. The van der Waals surface area contributed by atoms with Gasteiger partial charge >= 0.3 is 6.09 Å². The van der Waals surface area contributed by atoms with Crippen LogP contribution in [0.1, 0.15) is 45.4 Å². The number of ether oxygens (including phenoxy) is 1. The third-order valence-corrected chi connectivity index (χ3v) is 2.12. The number of hydrogen-bond donors (Lipinski definition) is 2. The first-order valence-electron chi connectivity index (χ1n) is 5.82. The Kier molecular flexibility index (Phi) is 10.7. The minimum atomic E-state index is -0.433. The van der Waals surface area contributed by atoms with Crippen molar-refractivity contribution >= 4 is 6.09 Å². The van der Waals surface area contributed by atoms with E-state index in [0.717, 1.165) is 12.8 Å². The van der Waals surface area contributed by atoms with Gasteiger partial charge in [-0.2, -0.15) is 0 Å². The normalized spacial score (nSPS) is 10.0. The van der Waals surface area contributed by atoms with E-state index in [1.807, 2.05) is 0 Å². The van der Waals surface area contributed by atoms with E-state index in [0.29, 0.717) is 6.54 Å². The van der Waals surface area contributed by atoms with Crippen LogP contribution in [0.25, 0.3) is 0 Å². The zero-order chi connectivity index (χ0) is 11.4. The average Bonchev–Trinajstić information content (AvgIpc) is 2.25. The van der Waals surface area contributed by atoms with Gasteiger partial charge in [0, 0.05) is 6.54 Å². The Morgan fingerprint density at radius 3 is 2.53 bits per heavy atom. The largest absolute Gasteiger partial charge is 0.447 e. The Morgan fingerprint density at radius 2 is 1.87 bits per heavy atom. The molecule has 0 aliphatic heterocycles. The van der Waals surface area contributed by atoms with Gasteiger partial charge in [0.1, 0.15) is 6.61 Å². The van der Waals surface area contributed by atoms with Crippen LogP contribution in [0.4, 0.5) is 4.79 Å². The topological polar surface area (TPSA) is 58.6 Å². The Morgan fingerprint density at radius 1 is 1.20 bits per heavy atom. The number of hydrogen-bond acceptors (Lipinski definition) is 3. The summed E-state index contributed by atoms with van der Waals surface area (Å²) in [5.74, 6) is 0. The number of amides is 1. The number of aliphatic hydroxyl groups is 1. The molecule has 0 saturated carbocycles. The highest BCUT2D eigenvalue weighted by Gasteiger charge is 1.98. The third kappa shape index (κ3) is 11.2. The smallest absolute Gasteiger partial charge is 0.407 e. The lowest BCUT2D eigenvalue weighted by Crippen LogP contribution is -2.26. The molecule has 0 aliphatic rings. The van der Waals surface area contributed by atoms with Gasteiger partial charge in [-0.25, -0.2) is 4.79 Å². The monoisotopic (exact) mass is 217 g/mol. The SMILES string of the molecule is CCCCCCCCNC(=O)OCCO. The molecule has 0 aromatic rings. The first-order valence-corrected chi connectivity index (χ1v) is 5.82. The van der Waals surface area contributed by atoms with Crippen molar-refractivity contribution in [1.82, 2.24) is 5.32 Å². The van der Waals surface area contributed by atoms with Gasteiger partial charge in [0.2, 0.25) is 0 Å². The fourth-order valence-corrected chi connectivity index (χ4v) is 1.29. The number of rotatable bonds is 9. The molecule has 2 N–H and O–H groups in total. The van der Waals surface area contributed by atoms with E-state index in [1.54, 1.807) is 0 Å². The molecule has 1 amide bonds. The summed E-state index contributed by atoms with van der Waals surface area (Å²) in [6, 6.07) is 0. The molecule has 0 aromatic heterocycles. The van der Waals surface area contributed by atoms with Crippen LogP contribution in [0.5, 0.6) is 0 Å². The Bertz CT molecular complexity index is 151. The molecule has 15 heavy (non-hydrogen) atoms. The van der Waals surface area contributed by atoms with E-state index in [4.69, 9.17) is 5.11 Å². The second kappa shape index (κ2) is 11.3. The molecule has 0 fully saturated rings. The molecule has 0 spiro atoms. The van der Waals surface area contributed by atoms with E-state index < -0.39 is 6.09 Å². The molecule has 0 atom stereocenters. The maximum Gasteiger partial charge on any atom is 0.407 e. The predicted octanol–water partition coefficient (Wildman–Crippen LogP) is 2.07. The predicted molar refractivity (Wildman–Crippen MR) is 59.8 cm³/mol. The zero-order valence-corrected chi connectivity index (χ0v) is 9.63. The van der Waals surface area contributed by atoms with Crippen LogP contribution in [0, 0.1) is 0 Å². The van der Waals surface area contributed by atoms with E-state index in [9.17, 15) is 4.79 Å².